The molecule has 3 atom stereocenters. The Kier molecular flexibility index (Phi) is 7.50. The maximum Gasteiger partial charge on any atom is 0.325 e. The van der Waals surface area contributed by atoms with Crippen molar-refractivity contribution in [3.63, 3.8) is 0 Å². The molecule has 2 aromatic carbocycles. The fourth-order valence-corrected chi connectivity index (χ4v) is 5.89. The number of nitrogens with one attached hydrogen (secondary N) is 1. The van der Waals surface area contributed by atoms with E-state index in [0.29, 0.717) is 5.69 Å². The van der Waals surface area contributed by atoms with Crippen molar-refractivity contribution < 1.29 is 27.9 Å². The van der Waals surface area contributed by atoms with Crippen LogP contribution in [-0.2, 0) is 24.3 Å². The van der Waals surface area contributed by atoms with Crippen molar-refractivity contribution in [2.75, 3.05) is 11.9 Å². The van der Waals surface area contributed by atoms with Crippen molar-refractivity contribution >= 4 is 27.6 Å². The van der Waals surface area contributed by atoms with Gasteiger partial charge in [0.1, 0.15) is 6.04 Å². The molecule has 1 amide bonds. The molecule has 9 heteroatoms. The molecule has 1 fully saturated rings. The highest BCUT2D eigenvalue weighted by Gasteiger charge is 2.45. The van der Waals surface area contributed by atoms with E-state index in [9.17, 15) is 23.1 Å². The number of carbonyl (C=O) groups is 2. The molecule has 0 saturated carbocycles. The Bertz CT molecular complexity index is 1200. The zero-order chi connectivity index (χ0) is 25.4. The van der Waals surface area contributed by atoms with Gasteiger partial charge in [-0.05, 0) is 75.9 Å². The number of anilines is 1. The first-order chi connectivity index (χ1) is 15.8. The number of sulfonamides is 1. The number of aryl methyl sites for hydroxylation is 5. The number of hydrogen-bond donors (Lipinski definition) is 2. The smallest absolute Gasteiger partial charge is 0.325 e. The van der Waals surface area contributed by atoms with Gasteiger partial charge in [0.05, 0.1) is 11.0 Å². The van der Waals surface area contributed by atoms with Crippen molar-refractivity contribution in [3.05, 3.63) is 58.1 Å². The van der Waals surface area contributed by atoms with E-state index < -0.39 is 40.1 Å². The third-order valence-electron chi connectivity index (χ3n) is 6.18. The van der Waals surface area contributed by atoms with Gasteiger partial charge in [0.25, 0.3) is 5.91 Å². The molecule has 0 spiro atoms. The van der Waals surface area contributed by atoms with Gasteiger partial charge in [-0.3, -0.25) is 9.59 Å². The van der Waals surface area contributed by atoms with E-state index >= 15 is 0 Å². The van der Waals surface area contributed by atoms with E-state index in [1.165, 1.54) is 13.0 Å². The summed E-state index contributed by atoms with van der Waals surface area (Å²) < 4.78 is 32.8. The van der Waals surface area contributed by atoms with E-state index in [0.717, 1.165) is 32.1 Å². The third-order valence-corrected chi connectivity index (χ3v) is 8.05. The molecular formula is C25H32N2O6S. The van der Waals surface area contributed by atoms with Crippen LogP contribution in [0.15, 0.2) is 35.2 Å². The lowest BCUT2D eigenvalue weighted by Gasteiger charge is -2.24. The quantitative estimate of drug-likeness (QED) is 0.605. The summed E-state index contributed by atoms with van der Waals surface area (Å²) in [7, 11) is -4.05. The lowest BCUT2D eigenvalue weighted by Crippen LogP contribution is -2.43. The van der Waals surface area contributed by atoms with Gasteiger partial charge < -0.3 is 15.2 Å². The molecule has 184 valence electrons. The number of esters is 1. The van der Waals surface area contributed by atoms with Gasteiger partial charge in [0, 0.05) is 18.7 Å². The summed E-state index contributed by atoms with van der Waals surface area (Å²) in [6.45, 7) is 10.6. The molecule has 3 rings (SSSR count). The molecule has 3 unspecified atom stereocenters. The van der Waals surface area contributed by atoms with E-state index in [2.05, 4.69) is 5.32 Å². The molecule has 1 aliphatic rings. The Morgan fingerprint density at radius 1 is 1.03 bits per heavy atom. The normalized spacial score (nSPS) is 19.6. The summed E-state index contributed by atoms with van der Waals surface area (Å²) >= 11 is 0. The second-order valence-corrected chi connectivity index (χ2v) is 11.0. The minimum atomic E-state index is -4.05. The largest absolute Gasteiger partial charge is 0.451 e. The number of benzene rings is 2. The minimum absolute atomic E-state index is 0.0404. The van der Waals surface area contributed by atoms with Gasteiger partial charge in [0.2, 0.25) is 10.0 Å². The summed E-state index contributed by atoms with van der Waals surface area (Å²) in [5, 5.41) is 12.9. The van der Waals surface area contributed by atoms with Crippen LogP contribution in [0.3, 0.4) is 0 Å². The Morgan fingerprint density at radius 2 is 1.65 bits per heavy atom. The number of hydrogen-bond acceptors (Lipinski definition) is 6. The van der Waals surface area contributed by atoms with Gasteiger partial charge >= 0.3 is 5.97 Å². The van der Waals surface area contributed by atoms with Crippen LogP contribution in [0.1, 0.15) is 41.2 Å². The number of aliphatic hydroxyl groups excluding tert-OH is 1. The van der Waals surface area contributed by atoms with Crippen molar-refractivity contribution in [3.8, 4) is 0 Å². The molecule has 2 aromatic rings. The molecule has 2 N–H and O–H groups in total. The van der Waals surface area contributed by atoms with Gasteiger partial charge in [-0.25, -0.2) is 8.42 Å². The van der Waals surface area contributed by atoms with E-state index in [4.69, 9.17) is 4.74 Å². The third kappa shape index (κ3) is 5.32. The number of nitrogens with zero attached hydrogens (tertiary/aromatic N) is 1. The monoisotopic (exact) mass is 488 g/mol. The van der Waals surface area contributed by atoms with Gasteiger partial charge in [-0.15, -0.1) is 0 Å². The molecule has 0 radical (unpaired) electrons. The molecule has 1 heterocycles. The summed E-state index contributed by atoms with van der Waals surface area (Å²) in [5.74, 6) is -1.39. The number of carbonyl (C=O) groups excluding carboxylic acids is 2. The molecule has 1 saturated heterocycles. The van der Waals surface area contributed by atoms with Crippen LogP contribution in [-0.4, -0.2) is 54.5 Å². The standard InChI is InChI=1S/C25H32N2O6S/c1-14-9-17(4)23(18(5)10-14)26-24(29)19(6)33-25(30)22-12-20(28)13-27(22)34(31,32)21-8-7-15(2)16(3)11-21/h7-11,19-20,22,28H,12-13H2,1-6H3,(H,26,29). The minimum Gasteiger partial charge on any atom is -0.451 e. The molecule has 1 aliphatic heterocycles. The lowest BCUT2D eigenvalue weighted by molar-refractivity contribution is -0.156. The first-order valence-corrected chi connectivity index (χ1v) is 12.6. The zero-order valence-electron chi connectivity index (χ0n) is 20.4. The van der Waals surface area contributed by atoms with Crippen LogP contribution in [0, 0.1) is 34.6 Å². The van der Waals surface area contributed by atoms with E-state index in [1.54, 1.807) is 19.1 Å². The lowest BCUT2D eigenvalue weighted by atomic mass is 10.0. The van der Waals surface area contributed by atoms with Gasteiger partial charge in [-0.1, -0.05) is 23.8 Å². The molecule has 34 heavy (non-hydrogen) atoms. The Hall–Kier alpha value is -2.75. The fraction of sp³-hybridized carbons (Fsp3) is 0.440. The van der Waals surface area contributed by atoms with Crippen molar-refractivity contribution in [2.45, 2.75) is 71.1 Å². The Labute approximate surface area is 201 Å². The molecule has 0 bridgehead atoms. The number of β-amino-alcohol motifs (C(OH)–C–C–N with tert-alkyl or cyclic N) is 1. The molecule has 0 aromatic heterocycles. The Balaban J connectivity index is 1.76. The molecule has 8 nitrogen and oxygen atoms in total. The van der Waals surface area contributed by atoms with Crippen LogP contribution < -0.4 is 5.32 Å². The van der Waals surface area contributed by atoms with Gasteiger partial charge in [-0.2, -0.15) is 4.31 Å². The second-order valence-electron chi connectivity index (χ2n) is 9.07. The predicted octanol–water partition coefficient (Wildman–Crippen LogP) is 2.92. The number of ether oxygens (including phenoxy) is 1. The maximum absolute atomic E-state index is 13.2. The van der Waals surface area contributed by atoms with Crippen molar-refractivity contribution in [1.82, 2.24) is 4.31 Å². The fourth-order valence-electron chi connectivity index (χ4n) is 4.18. The van der Waals surface area contributed by atoms with E-state index in [-0.39, 0.29) is 17.9 Å². The van der Waals surface area contributed by atoms with Crippen LogP contribution in [0.25, 0.3) is 0 Å². The summed E-state index contributed by atoms with van der Waals surface area (Å²) in [6.07, 6.45) is -2.27. The molecular weight excluding hydrogens is 456 g/mol. The number of aliphatic hydroxyl groups is 1. The maximum atomic E-state index is 13.2. The highest BCUT2D eigenvalue weighted by molar-refractivity contribution is 7.89. The number of rotatable bonds is 6. The second kappa shape index (κ2) is 9.85. The van der Waals surface area contributed by atoms with Crippen LogP contribution >= 0.6 is 0 Å². The average Bonchev–Trinajstić information content (AvgIpc) is 3.15. The summed E-state index contributed by atoms with van der Waals surface area (Å²) in [4.78, 5) is 25.7. The molecule has 0 aliphatic carbocycles. The number of amides is 1. The van der Waals surface area contributed by atoms with Crippen LogP contribution in [0.2, 0.25) is 0 Å². The first-order valence-electron chi connectivity index (χ1n) is 11.2. The van der Waals surface area contributed by atoms with Crippen molar-refractivity contribution in [2.24, 2.45) is 0 Å². The highest BCUT2D eigenvalue weighted by Crippen LogP contribution is 2.29. The van der Waals surface area contributed by atoms with E-state index in [1.807, 2.05) is 39.8 Å². The zero-order valence-corrected chi connectivity index (χ0v) is 21.2. The Morgan fingerprint density at radius 3 is 2.24 bits per heavy atom. The predicted molar refractivity (Wildman–Crippen MR) is 129 cm³/mol. The summed E-state index contributed by atoms with van der Waals surface area (Å²) in [5.41, 5.74) is 5.22. The highest BCUT2D eigenvalue weighted by atomic mass is 32.2. The first kappa shape index (κ1) is 25.9. The van der Waals surface area contributed by atoms with Crippen LogP contribution in [0.5, 0.6) is 0 Å². The van der Waals surface area contributed by atoms with Gasteiger partial charge in [0.15, 0.2) is 6.10 Å². The van der Waals surface area contributed by atoms with Crippen molar-refractivity contribution in [1.29, 1.82) is 0 Å². The topological polar surface area (TPSA) is 113 Å². The summed E-state index contributed by atoms with van der Waals surface area (Å²) in [6, 6.07) is 7.37. The SMILES string of the molecule is Cc1cc(C)c(NC(=O)C(C)OC(=O)C2CC(O)CN2S(=O)(=O)c2ccc(C)c(C)c2)c(C)c1. The van der Waals surface area contributed by atoms with Crippen LogP contribution in [0.4, 0.5) is 5.69 Å². The average molecular weight is 489 g/mol.